The van der Waals surface area contributed by atoms with Crippen LogP contribution in [0.1, 0.15) is 39.0 Å². The highest BCUT2D eigenvalue weighted by Crippen LogP contribution is 2.32. The first-order valence-electron chi connectivity index (χ1n) is 8.45. The maximum atomic E-state index is 12.5. The second-order valence-corrected chi connectivity index (χ2v) is 9.62. The van der Waals surface area contributed by atoms with Crippen molar-refractivity contribution in [3.05, 3.63) is 18.3 Å². The summed E-state index contributed by atoms with van der Waals surface area (Å²) in [6, 6.07) is 3.92. The van der Waals surface area contributed by atoms with Gasteiger partial charge in [-0.3, -0.25) is 0 Å². The average molecular weight is 356 g/mol. The normalized spacial score (nSPS) is 25.8. The molecule has 128 valence electrons. The summed E-state index contributed by atoms with van der Waals surface area (Å²) in [5.41, 5.74) is 0. The van der Waals surface area contributed by atoms with Gasteiger partial charge in [0.15, 0.2) is 0 Å². The molecule has 0 aromatic carbocycles. The molecule has 23 heavy (non-hydrogen) atoms. The molecule has 1 saturated carbocycles. The Bertz CT molecular complexity index is 613. The van der Waals surface area contributed by atoms with Crippen molar-refractivity contribution in [2.75, 3.05) is 24.2 Å². The van der Waals surface area contributed by atoms with E-state index in [1.807, 2.05) is 11.8 Å². The van der Waals surface area contributed by atoms with E-state index < -0.39 is 10.0 Å². The number of rotatable bonds is 6. The molecule has 2 atom stereocenters. The van der Waals surface area contributed by atoms with Crippen LogP contribution >= 0.6 is 11.8 Å². The van der Waals surface area contributed by atoms with E-state index in [4.69, 9.17) is 0 Å². The second-order valence-electron chi connectivity index (χ2n) is 6.17. The topological polar surface area (TPSA) is 62.3 Å². The number of aromatic nitrogens is 1. The fourth-order valence-corrected chi connectivity index (χ4v) is 6.05. The minimum Gasteiger partial charge on any atom is -0.366 e. The van der Waals surface area contributed by atoms with Crippen LogP contribution in [-0.2, 0) is 10.0 Å². The lowest BCUT2D eigenvalue weighted by Crippen LogP contribution is -2.28. The Hall–Kier alpha value is -0.790. The van der Waals surface area contributed by atoms with Gasteiger partial charge in [-0.05, 0) is 43.6 Å². The van der Waals surface area contributed by atoms with E-state index in [0.29, 0.717) is 29.3 Å². The largest absolute Gasteiger partial charge is 0.366 e. The van der Waals surface area contributed by atoms with Gasteiger partial charge in [-0.25, -0.2) is 13.4 Å². The van der Waals surface area contributed by atoms with Crippen LogP contribution in [0.2, 0.25) is 0 Å². The molecule has 2 fully saturated rings. The molecular formula is C16H25N3O2S2. The Kier molecular flexibility index (Phi) is 5.49. The number of nitrogens with one attached hydrogen (secondary N) is 1. The first kappa shape index (κ1) is 17.0. The van der Waals surface area contributed by atoms with Crippen LogP contribution in [0, 0.1) is 0 Å². The van der Waals surface area contributed by atoms with Gasteiger partial charge in [0.2, 0.25) is 10.0 Å². The number of pyridine rings is 1. The monoisotopic (exact) mass is 355 g/mol. The molecule has 2 heterocycles. The van der Waals surface area contributed by atoms with Crippen LogP contribution in [0.5, 0.6) is 0 Å². The number of hydrogen-bond donors (Lipinski definition) is 1. The maximum Gasteiger partial charge on any atom is 0.244 e. The Morgan fingerprint density at radius 2 is 2.04 bits per heavy atom. The minimum absolute atomic E-state index is 0.302. The lowest BCUT2D eigenvalue weighted by molar-refractivity contribution is 0.477. The van der Waals surface area contributed by atoms with E-state index in [9.17, 15) is 8.42 Å². The molecule has 2 unspecified atom stereocenters. The van der Waals surface area contributed by atoms with E-state index in [0.717, 1.165) is 30.8 Å². The first-order valence-corrected chi connectivity index (χ1v) is 10.9. The molecule has 5 nitrogen and oxygen atoms in total. The molecule has 0 bridgehead atoms. The third-order valence-corrected chi connectivity index (χ3v) is 7.81. The molecule has 1 saturated heterocycles. The van der Waals surface area contributed by atoms with Gasteiger partial charge >= 0.3 is 0 Å². The van der Waals surface area contributed by atoms with Crippen molar-refractivity contribution in [2.24, 2.45) is 0 Å². The van der Waals surface area contributed by atoms with Crippen molar-refractivity contribution in [3.8, 4) is 0 Å². The molecule has 1 aliphatic heterocycles. The molecule has 2 aliphatic rings. The fourth-order valence-electron chi connectivity index (χ4n) is 3.39. The van der Waals surface area contributed by atoms with Crippen molar-refractivity contribution < 1.29 is 8.42 Å². The number of anilines is 1. The number of thioether (sulfide) groups is 1. The average Bonchev–Trinajstić information content (AvgIpc) is 3.21. The molecular weight excluding hydrogens is 330 g/mol. The zero-order valence-electron chi connectivity index (χ0n) is 13.6. The van der Waals surface area contributed by atoms with E-state index in [1.165, 1.54) is 19.0 Å². The minimum atomic E-state index is -3.36. The molecule has 1 aromatic heterocycles. The molecule has 0 spiro atoms. The molecule has 1 aliphatic carbocycles. The van der Waals surface area contributed by atoms with Crippen molar-refractivity contribution in [3.63, 3.8) is 0 Å². The summed E-state index contributed by atoms with van der Waals surface area (Å²) in [5, 5.41) is 4.12. The summed E-state index contributed by atoms with van der Waals surface area (Å²) in [5.74, 6) is 1.91. The molecule has 1 aromatic rings. The van der Waals surface area contributed by atoms with Crippen LogP contribution in [0.25, 0.3) is 0 Å². The van der Waals surface area contributed by atoms with Gasteiger partial charge in [0.05, 0.1) is 0 Å². The van der Waals surface area contributed by atoms with E-state index in [2.05, 4.69) is 17.2 Å². The smallest absolute Gasteiger partial charge is 0.244 e. The third kappa shape index (κ3) is 3.83. The SMILES string of the molecule is CCSC1CCCC1Nc1ccc(S(=O)(=O)N2CCCC2)cn1. The summed E-state index contributed by atoms with van der Waals surface area (Å²) >= 11 is 2.00. The van der Waals surface area contributed by atoms with Gasteiger partial charge in [-0.2, -0.15) is 16.1 Å². The van der Waals surface area contributed by atoms with Crippen molar-refractivity contribution in [2.45, 2.75) is 55.2 Å². The molecule has 7 heteroatoms. The van der Waals surface area contributed by atoms with Crippen molar-refractivity contribution in [1.82, 2.24) is 9.29 Å². The predicted octanol–water partition coefficient (Wildman–Crippen LogP) is 2.95. The number of hydrogen-bond acceptors (Lipinski definition) is 5. The number of nitrogens with zero attached hydrogens (tertiary/aromatic N) is 2. The maximum absolute atomic E-state index is 12.5. The molecule has 3 rings (SSSR count). The lowest BCUT2D eigenvalue weighted by atomic mass is 10.2. The Morgan fingerprint density at radius 3 is 2.70 bits per heavy atom. The number of sulfonamides is 1. The quantitative estimate of drug-likeness (QED) is 0.850. The fraction of sp³-hybridized carbons (Fsp3) is 0.688. The van der Waals surface area contributed by atoms with E-state index >= 15 is 0 Å². The van der Waals surface area contributed by atoms with Crippen molar-refractivity contribution >= 4 is 27.6 Å². The Balaban J connectivity index is 1.67. The standard InChI is InChI=1S/C16H25N3O2S2/c1-2-22-15-7-5-6-14(15)18-16-9-8-13(12-17-16)23(20,21)19-10-3-4-11-19/h8-9,12,14-15H,2-7,10-11H2,1H3,(H,17,18). The van der Waals surface area contributed by atoms with E-state index in [1.54, 1.807) is 16.4 Å². The van der Waals surface area contributed by atoms with Gasteiger partial charge in [0.25, 0.3) is 0 Å². The highest BCUT2D eigenvalue weighted by molar-refractivity contribution is 7.99. The predicted molar refractivity (Wildman–Crippen MR) is 95.4 cm³/mol. The second kappa shape index (κ2) is 7.40. The highest BCUT2D eigenvalue weighted by Gasteiger charge is 2.29. The van der Waals surface area contributed by atoms with E-state index in [-0.39, 0.29) is 0 Å². The summed E-state index contributed by atoms with van der Waals surface area (Å²) in [6.45, 7) is 3.44. The zero-order valence-corrected chi connectivity index (χ0v) is 15.2. The Labute approximate surface area is 143 Å². The molecule has 0 amide bonds. The highest BCUT2D eigenvalue weighted by atomic mass is 32.2. The molecule has 1 N–H and O–H groups in total. The third-order valence-electron chi connectivity index (χ3n) is 4.61. The summed E-state index contributed by atoms with van der Waals surface area (Å²) in [6.07, 6.45) is 7.04. The summed E-state index contributed by atoms with van der Waals surface area (Å²) in [7, 11) is -3.36. The zero-order chi connectivity index (χ0) is 16.3. The summed E-state index contributed by atoms with van der Waals surface area (Å²) in [4.78, 5) is 4.65. The first-order chi connectivity index (χ1) is 11.1. The van der Waals surface area contributed by atoms with Gasteiger partial charge in [-0.1, -0.05) is 13.3 Å². The van der Waals surface area contributed by atoms with Gasteiger partial charge < -0.3 is 5.32 Å². The van der Waals surface area contributed by atoms with Crippen LogP contribution in [-0.4, -0.2) is 47.8 Å². The van der Waals surface area contributed by atoms with Gasteiger partial charge in [-0.15, -0.1) is 0 Å². The van der Waals surface area contributed by atoms with Crippen LogP contribution < -0.4 is 5.32 Å². The van der Waals surface area contributed by atoms with Crippen molar-refractivity contribution in [1.29, 1.82) is 0 Å². The Morgan fingerprint density at radius 1 is 1.26 bits per heavy atom. The van der Waals surface area contributed by atoms with Crippen LogP contribution in [0.3, 0.4) is 0 Å². The summed E-state index contributed by atoms with van der Waals surface area (Å²) < 4.78 is 26.5. The van der Waals surface area contributed by atoms with Crippen LogP contribution in [0.4, 0.5) is 5.82 Å². The molecule has 0 radical (unpaired) electrons. The van der Waals surface area contributed by atoms with Gasteiger partial charge in [0, 0.05) is 30.6 Å². The van der Waals surface area contributed by atoms with Crippen LogP contribution in [0.15, 0.2) is 23.2 Å². The van der Waals surface area contributed by atoms with Gasteiger partial charge in [0.1, 0.15) is 10.7 Å². The lowest BCUT2D eigenvalue weighted by Gasteiger charge is -2.21.